The van der Waals surface area contributed by atoms with Crippen LogP contribution in [0, 0.1) is 47.9 Å². The van der Waals surface area contributed by atoms with E-state index in [0.29, 0.717) is 0 Å². The van der Waals surface area contributed by atoms with Crippen LogP contribution in [-0.2, 0) is 5.41 Å². The minimum Gasteiger partial charge on any atom is -0.310 e. The summed E-state index contributed by atoms with van der Waals surface area (Å²) in [6.07, 6.45) is 5.34. The second-order valence-corrected chi connectivity index (χ2v) is 13.8. The van der Waals surface area contributed by atoms with Crippen LogP contribution in [0.25, 0.3) is 32.7 Å². The van der Waals surface area contributed by atoms with Crippen molar-refractivity contribution in [2.24, 2.45) is 0 Å². The van der Waals surface area contributed by atoms with Crippen molar-refractivity contribution >= 4 is 55.7 Å². The zero-order valence-electron chi connectivity index (χ0n) is 30.8. The topological polar surface area (TPSA) is 6.48 Å². The van der Waals surface area contributed by atoms with E-state index in [9.17, 15) is 0 Å². The highest BCUT2D eigenvalue weighted by atomic mass is 15.1. The number of para-hydroxylation sites is 2. The Kier molecular flexibility index (Phi) is 8.79. The lowest BCUT2D eigenvalue weighted by Crippen LogP contribution is -2.20. The maximum Gasteiger partial charge on any atom is 0.0807 e. The third-order valence-corrected chi connectivity index (χ3v) is 10.6. The summed E-state index contributed by atoms with van der Waals surface area (Å²) in [6.45, 7) is 2.21. The lowest BCUT2D eigenvalue weighted by Gasteiger charge is -2.29. The average molecular weight is 711 g/mol. The summed E-state index contributed by atoms with van der Waals surface area (Å²) < 4.78 is 0. The number of hydrogen-bond donors (Lipinski definition) is 0. The Morgan fingerprint density at radius 1 is 0.411 bits per heavy atom. The van der Waals surface area contributed by atoms with E-state index < -0.39 is 5.41 Å². The van der Waals surface area contributed by atoms with Crippen LogP contribution in [0.15, 0.2) is 182 Å². The van der Waals surface area contributed by atoms with E-state index in [1.54, 1.807) is 0 Å². The number of anilines is 6. The van der Waals surface area contributed by atoms with E-state index in [1.165, 1.54) is 21.5 Å². The highest BCUT2D eigenvalue weighted by Gasteiger charge is 2.39. The van der Waals surface area contributed by atoms with Gasteiger partial charge in [-0.25, -0.2) is 0 Å². The van der Waals surface area contributed by atoms with Crippen LogP contribution in [0.4, 0.5) is 34.1 Å². The van der Waals surface area contributed by atoms with Gasteiger partial charge in [0.05, 0.1) is 16.8 Å². The van der Waals surface area contributed by atoms with Crippen molar-refractivity contribution in [1.82, 2.24) is 0 Å². The van der Waals surface area contributed by atoms with Gasteiger partial charge in [-0.15, -0.1) is 6.42 Å². The molecule has 0 aromatic heterocycles. The number of hydrogen-bond acceptors (Lipinski definition) is 2. The summed E-state index contributed by atoms with van der Waals surface area (Å²) in [5, 5.41) is 4.71. The molecule has 56 heavy (non-hydrogen) atoms. The van der Waals surface area contributed by atoms with Crippen molar-refractivity contribution in [1.29, 1.82) is 0 Å². The molecular formula is C54H34N2. The Balaban J connectivity index is 1.25. The quantitative estimate of drug-likeness (QED) is 0.159. The van der Waals surface area contributed by atoms with Crippen molar-refractivity contribution in [2.45, 2.75) is 12.3 Å². The molecule has 1 aliphatic rings. The van der Waals surface area contributed by atoms with Crippen LogP contribution in [0.3, 0.4) is 0 Å². The van der Waals surface area contributed by atoms with Gasteiger partial charge in [-0.2, -0.15) is 0 Å². The van der Waals surface area contributed by atoms with Gasteiger partial charge in [0.1, 0.15) is 0 Å². The molecule has 2 nitrogen and oxygen atoms in total. The van der Waals surface area contributed by atoms with Crippen molar-refractivity contribution in [3.05, 3.63) is 193 Å². The molecule has 0 saturated carbocycles. The summed E-state index contributed by atoms with van der Waals surface area (Å²) in [4.78, 5) is 4.69. The zero-order chi connectivity index (χ0) is 37.9. The molecule has 0 radical (unpaired) electrons. The lowest BCUT2D eigenvalue weighted by molar-refractivity contribution is 0.778. The van der Waals surface area contributed by atoms with E-state index in [2.05, 4.69) is 240 Å². The highest BCUT2D eigenvalue weighted by molar-refractivity contribution is 6.01. The van der Waals surface area contributed by atoms with E-state index in [4.69, 9.17) is 6.42 Å². The Morgan fingerprint density at radius 3 is 1.34 bits per heavy atom. The molecule has 8 aromatic rings. The molecule has 0 amide bonds. The molecule has 2 heteroatoms. The lowest BCUT2D eigenvalue weighted by atomic mass is 9.80. The number of benzene rings is 8. The van der Waals surface area contributed by atoms with Gasteiger partial charge in [0.2, 0.25) is 0 Å². The molecular weight excluding hydrogens is 677 g/mol. The maximum absolute atomic E-state index is 5.34. The Bertz CT molecular complexity index is 2840. The van der Waals surface area contributed by atoms with Gasteiger partial charge in [-0.1, -0.05) is 127 Å². The van der Waals surface area contributed by atoms with Crippen molar-refractivity contribution in [3.63, 3.8) is 0 Å². The first kappa shape index (κ1) is 33.9. The standard InChI is InChI=1S/C54H34N2/c1-3-4-5-6-7-18-37-54(2)50-38-44(55(42-25-10-8-11-26-42)52-31-19-23-40-21-14-16-29-46(40)52)33-35-48(50)49-36-34-45(39-51(49)54)56(43-27-12-9-13-28-43)53-32-20-24-41-22-15-17-30-47(41)53/h1,8-17,19-36,38-39H,2H3. The first-order valence-corrected chi connectivity index (χ1v) is 18.6. The van der Waals surface area contributed by atoms with Crippen molar-refractivity contribution in [2.75, 3.05) is 9.80 Å². The van der Waals surface area contributed by atoms with Crippen LogP contribution in [0.5, 0.6) is 0 Å². The normalized spacial score (nSPS) is 11.7. The first-order chi connectivity index (χ1) is 27.6. The fraction of sp³-hybridized carbons (Fsp3) is 0.0370. The van der Waals surface area contributed by atoms with Gasteiger partial charge in [-0.3, -0.25) is 0 Å². The van der Waals surface area contributed by atoms with E-state index >= 15 is 0 Å². The fourth-order valence-electron chi connectivity index (χ4n) is 8.02. The van der Waals surface area contributed by atoms with Gasteiger partial charge < -0.3 is 9.80 Å². The summed E-state index contributed by atoms with van der Waals surface area (Å²) in [5.41, 5.74) is 10.2. The molecule has 9 rings (SSSR count). The van der Waals surface area contributed by atoms with E-state index in [0.717, 1.165) is 56.4 Å². The summed E-state index contributed by atoms with van der Waals surface area (Å²) >= 11 is 0. The summed E-state index contributed by atoms with van der Waals surface area (Å²) in [7, 11) is 0. The molecule has 0 fully saturated rings. The van der Waals surface area contributed by atoms with Gasteiger partial charge in [0, 0.05) is 33.5 Å². The van der Waals surface area contributed by atoms with E-state index in [-0.39, 0.29) is 0 Å². The number of nitrogens with zero attached hydrogens (tertiary/aromatic N) is 2. The maximum atomic E-state index is 5.34. The number of fused-ring (bicyclic) bond motifs is 5. The van der Waals surface area contributed by atoms with Crippen LogP contribution in [0.1, 0.15) is 18.1 Å². The monoisotopic (exact) mass is 710 g/mol. The minimum atomic E-state index is -0.715. The summed E-state index contributed by atoms with van der Waals surface area (Å²) in [5.74, 6) is 20.1. The van der Waals surface area contributed by atoms with Crippen molar-refractivity contribution < 1.29 is 0 Å². The minimum absolute atomic E-state index is 0.715. The largest absolute Gasteiger partial charge is 0.310 e. The second-order valence-electron chi connectivity index (χ2n) is 13.8. The molecule has 0 saturated heterocycles. The second kappa shape index (κ2) is 14.5. The number of rotatable bonds is 6. The molecule has 0 bridgehead atoms. The molecule has 0 atom stereocenters. The molecule has 0 aliphatic heterocycles. The van der Waals surface area contributed by atoms with Gasteiger partial charge in [-0.05, 0) is 136 Å². The van der Waals surface area contributed by atoms with E-state index in [1.807, 2.05) is 0 Å². The summed E-state index contributed by atoms with van der Waals surface area (Å²) in [6, 6.07) is 64.7. The van der Waals surface area contributed by atoms with Crippen LogP contribution in [0.2, 0.25) is 0 Å². The molecule has 0 spiro atoms. The molecule has 0 N–H and O–H groups in total. The van der Waals surface area contributed by atoms with Gasteiger partial charge in [0.15, 0.2) is 0 Å². The van der Waals surface area contributed by atoms with Gasteiger partial charge >= 0.3 is 0 Å². The van der Waals surface area contributed by atoms with Crippen LogP contribution >= 0.6 is 0 Å². The third-order valence-electron chi connectivity index (χ3n) is 10.6. The Morgan fingerprint density at radius 2 is 0.839 bits per heavy atom. The SMILES string of the molecule is C#CC#CC#CC#CC1(C)c2cc(N(c3ccccc3)c3cccc4ccccc34)ccc2-c2ccc(N(c3ccccc3)c3cccc4ccccc34)cc21. The van der Waals surface area contributed by atoms with Crippen molar-refractivity contribution in [3.8, 4) is 59.0 Å². The average Bonchev–Trinajstić information content (AvgIpc) is 3.49. The predicted octanol–water partition coefficient (Wildman–Crippen LogP) is 12.9. The highest BCUT2D eigenvalue weighted by Crippen LogP contribution is 2.53. The number of terminal acetylenes is 1. The van der Waals surface area contributed by atoms with Crippen LogP contribution in [-0.4, -0.2) is 0 Å². The molecule has 8 aromatic carbocycles. The van der Waals surface area contributed by atoms with Crippen LogP contribution < -0.4 is 9.80 Å². The Labute approximate surface area is 328 Å². The third kappa shape index (κ3) is 6.00. The Hall–Kier alpha value is -7.88. The molecule has 1 aliphatic carbocycles. The fourth-order valence-corrected chi connectivity index (χ4v) is 8.02. The van der Waals surface area contributed by atoms with Gasteiger partial charge in [0.25, 0.3) is 0 Å². The molecule has 0 heterocycles. The molecule has 0 unspecified atom stereocenters. The smallest absolute Gasteiger partial charge is 0.0807 e. The molecule has 260 valence electrons. The first-order valence-electron chi connectivity index (χ1n) is 18.6. The zero-order valence-corrected chi connectivity index (χ0v) is 30.8. The predicted molar refractivity (Wildman–Crippen MR) is 235 cm³/mol.